The number of carbonyl (C=O) groups is 2. The summed E-state index contributed by atoms with van der Waals surface area (Å²) in [5.41, 5.74) is 2.96. The molecule has 1 atom stereocenters. The Bertz CT molecular complexity index is 1160. The first-order valence-corrected chi connectivity index (χ1v) is 11.8. The highest BCUT2D eigenvalue weighted by Crippen LogP contribution is 2.25. The summed E-state index contributed by atoms with van der Waals surface area (Å²) in [7, 11) is 0. The van der Waals surface area contributed by atoms with Crippen LogP contribution in [0.4, 0.5) is 0 Å². The molecule has 0 bridgehead atoms. The monoisotopic (exact) mass is 443 g/mol. The van der Waals surface area contributed by atoms with Gasteiger partial charge in [-0.15, -0.1) is 0 Å². The lowest BCUT2D eigenvalue weighted by molar-refractivity contribution is -0.128. The minimum absolute atomic E-state index is 0.0559. The Morgan fingerprint density at radius 2 is 2.03 bits per heavy atom. The fraction of sp³-hybridized carbons (Fsp3) is 0.370. The summed E-state index contributed by atoms with van der Waals surface area (Å²) in [6.07, 6.45) is 5.36. The third-order valence-corrected chi connectivity index (χ3v) is 6.65. The van der Waals surface area contributed by atoms with Crippen molar-refractivity contribution in [2.45, 2.75) is 25.7 Å². The highest BCUT2D eigenvalue weighted by atomic mass is 16.5. The predicted molar refractivity (Wildman–Crippen MR) is 127 cm³/mol. The number of fused-ring (bicyclic) bond motifs is 1. The average Bonchev–Trinajstić information content (AvgIpc) is 3.48. The lowest BCUT2D eigenvalue weighted by atomic mass is 9.97. The molecule has 2 aliphatic rings. The quantitative estimate of drug-likeness (QED) is 0.555. The summed E-state index contributed by atoms with van der Waals surface area (Å²) in [6.45, 7) is 3.39. The van der Waals surface area contributed by atoms with E-state index in [1.54, 1.807) is 0 Å². The Kier molecular flexibility index (Phi) is 6.24. The molecule has 6 heteroatoms. The molecule has 0 aliphatic carbocycles. The SMILES string of the molecule is O=C1CCCN1CCOc1cccc(C(=O)N2CCC(Cc3ccc4ncccc4c3)C2)c1. The Hall–Kier alpha value is -3.41. The van der Waals surface area contributed by atoms with Crippen molar-refractivity contribution in [2.24, 2.45) is 5.92 Å². The van der Waals surface area contributed by atoms with Crippen molar-refractivity contribution >= 4 is 22.7 Å². The molecule has 33 heavy (non-hydrogen) atoms. The van der Waals surface area contributed by atoms with E-state index in [1.165, 1.54) is 5.56 Å². The van der Waals surface area contributed by atoms with Crippen molar-refractivity contribution in [3.63, 3.8) is 0 Å². The molecule has 0 saturated carbocycles. The van der Waals surface area contributed by atoms with Gasteiger partial charge in [-0.2, -0.15) is 0 Å². The molecule has 3 aromatic rings. The Morgan fingerprint density at radius 1 is 1.09 bits per heavy atom. The molecule has 0 spiro atoms. The van der Waals surface area contributed by atoms with E-state index in [4.69, 9.17) is 4.74 Å². The highest BCUT2D eigenvalue weighted by Gasteiger charge is 2.27. The molecule has 1 aromatic heterocycles. The van der Waals surface area contributed by atoms with E-state index >= 15 is 0 Å². The number of hydrogen-bond donors (Lipinski definition) is 0. The van der Waals surface area contributed by atoms with Gasteiger partial charge in [0.15, 0.2) is 0 Å². The van der Waals surface area contributed by atoms with Crippen molar-refractivity contribution in [3.05, 3.63) is 71.9 Å². The second-order valence-corrected chi connectivity index (χ2v) is 9.00. The van der Waals surface area contributed by atoms with Crippen LogP contribution in [0.5, 0.6) is 5.75 Å². The molecule has 3 heterocycles. The number of aromatic nitrogens is 1. The summed E-state index contributed by atoms with van der Waals surface area (Å²) in [5.74, 6) is 1.39. The van der Waals surface area contributed by atoms with Gasteiger partial charge in [-0.25, -0.2) is 0 Å². The minimum Gasteiger partial charge on any atom is -0.492 e. The van der Waals surface area contributed by atoms with E-state index in [2.05, 4.69) is 29.2 Å². The maximum absolute atomic E-state index is 13.1. The number of nitrogens with zero attached hydrogens (tertiary/aromatic N) is 3. The van der Waals surface area contributed by atoms with Gasteiger partial charge in [0, 0.05) is 43.2 Å². The third kappa shape index (κ3) is 5.00. The van der Waals surface area contributed by atoms with E-state index < -0.39 is 0 Å². The van der Waals surface area contributed by atoms with Gasteiger partial charge in [0.05, 0.1) is 12.1 Å². The highest BCUT2D eigenvalue weighted by molar-refractivity contribution is 5.94. The fourth-order valence-corrected chi connectivity index (χ4v) is 4.88. The van der Waals surface area contributed by atoms with Crippen LogP contribution in [0, 0.1) is 5.92 Å². The maximum atomic E-state index is 13.1. The molecule has 170 valence electrons. The molecule has 1 unspecified atom stereocenters. The average molecular weight is 444 g/mol. The molecular weight excluding hydrogens is 414 g/mol. The van der Waals surface area contributed by atoms with Crippen molar-refractivity contribution in [1.82, 2.24) is 14.8 Å². The normalized spacial score (nSPS) is 18.3. The van der Waals surface area contributed by atoms with Crippen LogP contribution in [0.1, 0.15) is 35.2 Å². The number of ether oxygens (including phenoxy) is 1. The second-order valence-electron chi connectivity index (χ2n) is 9.00. The van der Waals surface area contributed by atoms with E-state index in [9.17, 15) is 9.59 Å². The van der Waals surface area contributed by atoms with Crippen LogP contribution in [0.3, 0.4) is 0 Å². The molecule has 2 fully saturated rings. The topological polar surface area (TPSA) is 62.7 Å². The zero-order valence-corrected chi connectivity index (χ0v) is 18.8. The molecule has 2 aliphatic heterocycles. The third-order valence-electron chi connectivity index (χ3n) is 6.65. The molecule has 2 saturated heterocycles. The van der Waals surface area contributed by atoms with Crippen molar-refractivity contribution < 1.29 is 14.3 Å². The number of rotatable bonds is 7. The molecule has 2 amide bonds. The van der Waals surface area contributed by atoms with Gasteiger partial charge < -0.3 is 14.5 Å². The van der Waals surface area contributed by atoms with Crippen LogP contribution in [-0.4, -0.2) is 59.4 Å². The second kappa shape index (κ2) is 9.61. The predicted octanol–water partition coefficient (Wildman–Crippen LogP) is 3.94. The van der Waals surface area contributed by atoms with Gasteiger partial charge in [0.25, 0.3) is 5.91 Å². The molecular formula is C27H29N3O3. The Balaban J connectivity index is 1.16. The van der Waals surface area contributed by atoms with Gasteiger partial charge in [0.1, 0.15) is 12.4 Å². The largest absolute Gasteiger partial charge is 0.492 e. The van der Waals surface area contributed by atoms with Crippen molar-refractivity contribution in [1.29, 1.82) is 0 Å². The summed E-state index contributed by atoms with van der Waals surface area (Å²) in [5, 5.41) is 1.16. The van der Waals surface area contributed by atoms with E-state index in [-0.39, 0.29) is 11.8 Å². The zero-order valence-electron chi connectivity index (χ0n) is 18.8. The number of pyridine rings is 1. The Labute approximate surface area is 194 Å². The van der Waals surface area contributed by atoms with Crippen LogP contribution in [0.25, 0.3) is 10.9 Å². The smallest absolute Gasteiger partial charge is 0.253 e. The number of amides is 2. The molecule has 0 radical (unpaired) electrons. The zero-order chi connectivity index (χ0) is 22.6. The lowest BCUT2D eigenvalue weighted by Gasteiger charge is -2.18. The first kappa shape index (κ1) is 21.4. The molecule has 0 N–H and O–H groups in total. The first-order chi connectivity index (χ1) is 16.2. The van der Waals surface area contributed by atoms with Crippen LogP contribution >= 0.6 is 0 Å². The van der Waals surface area contributed by atoms with Gasteiger partial charge in [-0.3, -0.25) is 14.6 Å². The van der Waals surface area contributed by atoms with E-state index in [1.807, 2.05) is 46.3 Å². The van der Waals surface area contributed by atoms with Gasteiger partial charge in [-0.1, -0.05) is 18.2 Å². The van der Waals surface area contributed by atoms with E-state index in [0.29, 0.717) is 36.8 Å². The van der Waals surface area contributed by atoms with Gasteiger partial charge >= 0.3 is 0 Å². The number of hydrogen-bond acceptors (Lipinski definition) is 4. The number of benzene rings is 2. The summed E-state index contributed by atoms with van der Waals surface area (Å²) in [6, 6.07) is 17.9. The molecule has 5 rings (SSSR count). The lowest BCUT2D eigenvalue weighted by Crippen LogP contribution is -2.29. The number of carbonyl (C=O) groups excluding carboxylic acids is 2. The maximum Gasteiger partial charge on any atom is 0.253 e. The molecule has 6 nitrogen and oxygen atoms in total. The summed E-state index contributed by atoms with van der Waals surface area (Å²) >= 11 is 0. The minimum atomic E-state index is 0.0559. The van der Waals surface area contributed by atoms with Gasteiger partial charge in [0.2, 0.25) is 5.91 Å². The Morgan fingerprint density at radius 3 is 2.91 bits per heavy atom. The van der Waals surface area contributed by atoms with Crippen LogP contribution in [0.15, 0.2) is 60.8 Å². The number of likely N-dealkylation sites (tertiary alicyclic amines) is 2. The van der Waals surface area contributed by atoms with E-state index in [0.717, 1.165) is 49.8 Å². The summed E-state index contributed by atoms with van der Waals surface area (Å²) in [4.78, 5) is 33.0. The van der Waals surface area contributed by atoms with Crippen molar-refractivity contribution in [2.75, 3.05) is 32.8 Å². The fourth-order valence-electron chi connectivity index (χ4n) is 4.88. The first-order valence-electron chi connectivity index (χ1n) is 11.8. The van der Waals surface area contributed by atoms with Gasteiger partial charge in [-0.05, 0) is 67.1 Å². The standard InChI is InChI=1S/C27H29N3O3/c31-26-7-3-12-29(26)14-15-33-24-6-1-4-23(18-24)27(32)30-13-10-21(19-30)16-20-8-9-25-22(17-20)5-2-11-28-25/h1-2,4-6,8-9,11,17-18,21H,3,7,10,12-16,19H2. The van der Waals surface area contributed by atoms with Crippen LogP contribution in [-0.2, 0) is 11.2 Å². The van der Waals surface area contributed by atoms with Crippen LogP contribution in [0.2, 0.25) is 0 Å². The molecule has 2 aromatic carbocycles. The van der Waals surface area contributed by atoms with Crippen LogP contribution < -0.4 is 4.74 Å². The summed E-state index contributed by atoms with van der Waals surface area (Å²) < 4.78 is 5.84. The van der Waals surface area contributed by atoms with Crippen molar-refractivity contribution in [3.8, 4) is 5.75 Å².